The Kier molecular flexibility index (Phi) is 4.24. The van der Waals surface area contributed by atoms with Crippen LogP contribution in [0.2, 0.25) is 0 Å². The first-order valence-electron chi connectivity index (χ1n) is 6.26. The van der Waals surface area contributed by atoms with Gasteiger partial charge >= 0.3 is 5.97 Å². The van der Waals surface area contributed by atoms with Crippen molar-refractivity contribution in [2.24, 2.45) is 0 Å². The van der Waals surface area contributed by atoms with E-state index in [1.807, 2.05) is 30.3 Å². The molecule has 0 bridgehead atoms. The zero-order chi connectivity index (χ0) is 14.5. The number of rotatable bonds is 5. The van der Waals surface area contributed by atoms with E-state index in [1.54, 1.807) is 19.0 Å². The first-order chi connectivity index (χ1) is 9.63. The van der Waals surface area contributed by atoms with Crippen LogP contribution in [0.25, 0.3) is 0 Å². The summed E-state index contributed by atoms with van der Waals surface area (Å²) in [6.07, 6.45) is 0. The molecule has 0 spiro atoms. The van der Waals surface area contributed by atoms with Crippen molar-refractivity contribution >= 4 is 17.4 Å². The van der Waals surface area contributed by atoms with Crippen molar-refractivity contribution in [1.82, 2.24) is 5.43 Å². The molecular formula is C14H16N2O4. The number of Topliss-reactive ketones (excluding diaryl/α,β-unsaturated/α-hetero) is 1. The molecule has 6 nitrogen and oxygen atoms in total. The summed E-state index contributed by atoms with van der Waals surface area (Å²) in [6, 6.07) is 9.43. The minimum Gasteiger partial charge on any atom is -0.469 e. The summed E-state index contributed by atoms with van der Waals surface area (Å²) < 4.78 is 10.1. The summed E-state index contributed by atoms with van der Waals surface area (Å²) in [7, 11) is 1.76. The Morgan fingerprint density at radius 3 is 2.75 bits per heavy atom. The van der Waals surface area contributed by atoms with Crippen molar-refractivity contribution in [2.75, 3.05) is 25.3 Å². The zero-order valence-corrected chi connectivity index (χ0v) is 11.4. The van der Waals surface area contributed by atoms with Crippen LogP contribution in [0.4, 0.5) is 5.69 Å². The van der Waals surface area contributed by atoms with Crippen LogP contribution in [0.3, 0.4) is 0 Å². The maximum atomic E-state index is 11.7. The van der Waals surface area contributed by atoms with Crippen LogP contribution in [0.5, 0.6) is 0 Å². The van der Waals surface area contributed by atoms with Gasteiger partial charge in [0.25, 0.3) is 0 Å². The number of carbonyl (C=O) groups is 2. The highest BCUT2D eigenvalue weighted by Crippen LogP contribution is 2.18. The van der Waals surface area contributed by atoms with Gasteiger partial charge < -0.3 is 9.47 Å². The lowest BCUT2D eigenvalue weighted by molar-refractivity contribution is -0.139. The summed E-state index contributed by atoms with van der Waals surface area (Å²) in [4.78, 5) is 23.4. The Labute approximate surface area is 116 Å². The molecule has 106 valence electrons. The first-order valence-corrected chi connectivity index (χ1v) is 6.26. The molecule has 0 saturated heterocycles. The number of ether oxygens (including phenoxy) is 2. The molecule has 0 amide bonds. The maximum Gasteiger partial charge on any atom is 0.347 e. The molecule has 1 N–H and O–H groups in total. The van der Waals surface area contributed by atoms with Crippen LogP contribution in [-0.2, 0) is 19.1 Å². The monoisotopic (exact) mass is 276 g/mol. The van der Waals surface area contributed by atoms with Gasteiger partial charge in [-0.3, -0.25) is 15.2 Å². The number of anilines is 1. The van der Waals surface area contributed by atoms with E-state index >= 15 is 0 Å². The first kappa shape index (κ1) is 13.9. The molecule has 0 unspecified atom stereocenters. The van der Waals surface area contributed by atoms with Gasteiger partial charge in [-0.1, -0.05) is 18.2 Å². The van der Waals surface area contributed by atoms with Crippen LogP contribution in [0.1, 0.15) is 6.92 Å². The van der Waals surface area contributed by atoms with Crippen molar-refractivity contribution in [1.29, 1.82) is 0 Å². The van der Waals surface area contributed by atoms with Gasteiger partial charge in [0.05, 0.1) is 12.3 Å². The van der Waals surface area contributed by atoms with Crippen LogP contribution in [-0.4, -0.2) is 32.0 Å². The second kappa shape index (κ2) is 6.10. The Hall–Kier alpha value is -2.50. The average Bonchev–Trinajstić information content (AvgIpc) is 2.81. The molecule has 0 aliphatic carbocycles. The summed E-state index contributed by atoms with van der Waals surface area (Å²) in [6.45, 7) is 1.73. The SMILES string of the molecule is CCOC(=O)C1=C(NN(C)c2ccccc2)OCC1=O. The Balaban J connectivity index is 2.17. The summed E-state index contributed by atoms with van der Waals surface area (Å²) >= 11 is 0. The molecule has 0 radical (unpaired) electrons. The predicted molar refractivity (Wildman–Crippen MR) is 72.6 cm³/mol. The summed E-state index contributed by atoms with van der Waals surface area (Å²) in [5.74, 6) is -0.925. The molecule has 1 aliphatic heterocycles. The number of esters is 1. The van der Waals surface area contributed by atoms with E-state index in [2.05, 4.69) is 5.43 Å². The third-order valence-electron chi connectivity index (χ3n) is 2.75. The minimum atomic E-state index is -0.668. The average molecular weight is 276 g/mol. The fourth-order valence-corrected chi connectivity index (χ4v) is 1.78. The topological polar surface area (TPSA) is 67.9 Å². The molecule has 1 heterocycles. The number of nitrogens with zero attached hydrogens (tertiary/aromatic N) is 1. The maximum absolute atomic E-state index is 11.7. The molecule has 0 saturated carbocycles. The normalized spacial score (nSPS) is 14.0. The van der Waals surface area contributed by atoms with E-state index in [-0.39, 0.29) is 30.5 Å². The second-order valence-electron chi connectivity index (χ2n) is 4.14. The lowest BCUT2D eigenvalue weighted by Crippen LogP contribution is -2.35. The highest BCUT2D eigenvalue weighted by Gasteiger charge is 2.32. The Morgan fingerprint density at radius 2 is 2.10 bits per heavy atom. The van der Waals surface area contributed by atoms with Crippen molar-refractivity contribution < 1.29 is 19.1 Å². The lowest BCUT2D eigenvalue weighted by atomic mass is 10.2. The molecule has 6 heteroatoms. The van der Waals surface area contributed by atoms with Gasteiger partial charge in [0.1, 0.15) is 0 Å². The van der Waals surface area contributed by atoms with Crippen LogP contribution < -0.4 is 10.4 Å². The third kappa shape index (κ3) is 2.90. The van der Waals surface area contributed by atoms with E-state index in [4.69, 9.17) is 9.47 Å². The quantitative estimate of drug-likeness (QED) is 0.491. The number of benzene rings is 1. The highest BCUT2D eigenvalue weighted by molar-refractivity contribution is 6.19. The Morgan fingerprint density at radius 1 is 1.40 bits per heavy atom. The molecule has 20 heavy (non-hydrogen) atoms. The molecule has 1 aromatic rings. The number of hydrazine groups is 1. The lowest BCUT2D eigenvalue weighted by Gasteiger charge is -2.21. The number of hydrogen-bond donors (Lipinski definition) is 1. The standard InChI is InChI=1S/C14H16N2O4/c1-3-19-14(18)12-11(17)9-20-13(12)15-16(2)10-7-5-4-6-8-10/h4-8,15H,3,9H2,1-2H3. The molecule has 1 aromatic carbocycles. The van der Waals surface area contributed by atoms with Crippen molar-refractivity contribution in [3.8, 4) is 0 Å². The number of carbonyl (C=O) groups excluding carboxylic acids is 2. The molecule has 0 fully saturated rings. The van der Waals surface area contributed by atoms with Gasteiger partial charge in [0.15, 0.2) is 12.2 Å². The van der Waals surface area contributed by atoms with Crippen LogP contribution >= 0.6 is 0 Å². The number of ketones is 1. The highest BCUT2D eigenvalue weighted by atomic mass is 16.5. The van der Waals surface area contributed by atoms with Gasteiger partial charge in [0, 0.05) is 7.05 Å². The summed E-state index contributed by atoms with van der Waals surface area (Å²) in [5.41, 5.74) is 3.68. The molecule has 2 rings (SSSR count). The number of para-hydroxylation sites is 1. The van der Waals surface area contributed by atoms with Gasteiger partial charge in [-0.25, -0.2) is 4.79 Å². The number of nitrogens with one attached hydrogen (secondary N) is 1. The van der Waals surface area contributed by atoms with Crippen LogP contribution in [0.15, 0.2) is 41.8 Å². The fourth-order valence-electron chi connectivity index (χ4n) is 1.78. The molecular weight excluding hydrogens is 260 g/mol. The third-order valence-corrected chi connectivity index (χ3v) is 2.75. The van der Waals surface area contributed by atoms with E-state index in [9.17, 15) is 9.59 Å². The molecule has 1 aliphatic rings. The van der Waals surface area contributed by atoms with Gasteiger partial charge in [-0.05, 0) is 19.1 Å². The fraction of sp³-hybridized carbons (Fsp3) is 0.286. The minimum absolute atomic E-state index is 0.0744. The van der Waals surface area contributed by atoms with Crippen molar-refractivity contribution in [3.63, 3.8) is 0 Å². The van der Waals surface area contributed by atoms with E-state index in [0.717, 1.165) is 5.69 Å². The van der Waals surface area contributed by atoms with E-state index in [0.29, 0.717) is 0 Å². The predicted octanol–water partition coefficient (Wildman–Crippen LogP) is 1.00. The smallest absolute Gasteiger partial charge is 0.347 e. The number of hydrogen-bond acceptors (Lipinski definition) is 6. The largest absolute Gasteiger partial charge is 0.469 e. The zero-order valence-electron chi connectivity index (χ0n) is 11.4. The van der Waals surface area contributed by atoms with Crippen LogP contribution in [0, 0.1) is 0 Å². The molecule has 0 atom stereocenters. The van der Waals surface area contributed by atoms with Gasteiger partial charge in [0.2, 0.25) is 11.7 Å². The molecule has 0 aromatic heterocycles. The van der Waals surface area contributed by atoms with E-state index in [1.165, 1.54) is 0 Å². The van der Waals surface area contributed by atoms with Gasteiger partial charge in [-0.15, -0.1) is 0 Å². The summed E-state index contributed by atoms with van der Waals surface area (Å²) in [5, 5.41) is 1.66. The van der Waals surface area contributed by atoms with Crippen molar-refractivity contribution in [2.45, 2.75) is 6.92 Å². The van der Waals surface area contributed by atoms with E-state index < -0.39 is 5.97 Å². The Bertz CT molecular complexity index is 539. The van der Waals surface area contributed by atoms with Gasteiger partial charge in [-0.2, -0.15) is 0 Å². The second-order valence-corrected chi connectivity index (χ2v) is 4.14. The van der Waals surface area contributed by atoms with Crippen molar-refractivity contribution in [3.05, 3.63) is 41.8 Å².